The molecule has 1 aromatic heterocycles. The van der Waals surface area contributed by atoms with Gasteiger partial charge in [-0.1, -0.05) is 6.07 Å². The molecular weight excluding hydrogens is 392 g/mol. The number of methoxy groups -OCH3 is 1. The molecule has 2 fully saturated rings. The maximum absolute atomic E-state index is 12.8. The smallest absolute Gasteiger partial charge is 0.337 e. The molecule has 0 bridgehead atoms. The van der Waals surface area contributed by atoms with Gasteiger partial charge in [-0.2, -0.15) is 0 Å². The van der Waals surface area contributed by atoms with Crippen molar-refractivity contribution >= 4 is 23.2 Å². The highest BCUT2D eigenvalue weighted by Crippen LogP contribution is 2.39. The van der Waals surface area contributed by atoms with E-state index in [1.54, 1.807) is 29.8 Å². The van der Waals surface area contributed by atoms with Crippen LogP contribution in [0.25, 0.3) is 0 Å². The third kappa shape index (κ3) is 4.00. The number of fused-ring (bicyclic) bond motifs is 1. The molecule has 1 aromatic carbocycles. The van der Waals surface area contributed by atoms with Gasteiger partial charge in [0.25, 0.3) is 5.91 Å². The largest absolute Gasteiger partial charge is 0.488 e. The lowest BCUT2D eigenvalue weighted by molar-refractivity contribution is -0.0231. The van der Waals surface area contributed by atoms with E-state index in [-0.39, 0.29) is 23.8 Å². The standard InChI is InChI=1S/C21H24N2O5S/c1-12-19(29-11-22-12)20(25)23-9-14-7-17(24)18(8-15(14)10-23)28-16-5-3-4-13(6-16)21(26)27-2/h3-6,11,14-15,17-18,24H,7-10H2,1-2H3/t14-,15+,17+,18+/m0/s1. The number of esters is 1. The number of aromatic nitrogens is 1. The topological polar surface area (TPSA) is 89.0 Å². The highest BCUT2D eigenvalue weighted by atomic mass is 32.1. The zero-order valence-electron chi connectivity index (χ0n) is 16.4. The number of likely N-dealkylation sites (tertiary alicyclic amines) is 1. The molecule has 2 aliphatic rings. The summed E-state index contributed by atoms with van der Waals surface area (Å²) < 4.78 is 10.8. The summed E-state index contributed by atoms with van der Waals surface area (Å²) in [6, 6.07) is 6.78. The first-order chi connectivity index (χ1) is 14.0. The molecule has 4 rings (SSSR count). The molecule has 8 heteroatoms. The van der Waals surface area contributed by atoms with E-state index in [2.05, 4.69) is 4.98 Å². The Balaban J connectivity index is 1.43. The molecule has 1 saturated carbocycles. The lowest BCUT2D eigenvalue weighted by Crippen LogP contribution is -2.42. The summed E-state index contributed by atoms with van der Waals surface area (Å²) in [6.45, 7) is 3.17. The average molecular weight is 416 g/mol. The zero-order valence-corrected chi connectivity index (χ0v) is 17.2. The Morgan fingerprint density at radius 1 is 1.24 bits per heavy atom. The van der Waals surface area contributed by atoms with E-state index in [1.807, 2.05) is 11.8 Å². The molecule has 29 heavy (non-hydrogen) atoms. The third-order valence-corrected chi connectivity index (χ3v) is 6.77. The molecule has 1 aliphatic heterocycles. The lowest BCUT2D eigenvalue weighted by atomic mass is 9.78. The van der Waals surface area contributed by atoms with Crippen molar-refractivity contribution in [2.24, 2.45) is 11.8 Å². The van der Waals surface area contributed by atoms with Gasteiger partial charge < -0.3 is 19.5 Å². The summed E-state index contributed by atoms with van der Waals surface area (Å²) in [5, 5.41) is 10.6. The van der Waals surface area contributed by atoms with E-state index in [0.29, 0.717) is 42.1 Å². The Kier molecular flexibility index (Phi) is 5.56. The number of nitrogens with zero attached hydrogens (tertiary/aromatic N) is 2. The minimum Gasteiger partial charge on any atom is -0.488 e. The van der Waals surface area contributed by atoms with Crippen LogP contribution in [-0.4, -0.2) is 59.3 Å². The summed E-state index contributed by atoms with van der Waals surface area (Å²) in [6.07, 6.45) is 0.277. The second-order valence-electron chi connectivity index (χ2n) is 7.71. The van der Waals surface area contributed by atoms with Crippen molar-refractivity contribution in [2.75, 3.05) is 20.2 Å². The number of aliphatic hydroxyl groups excluding tert-OH is 1. The SMILES string of the molecule is COC(=O)c1cccc(O[C@@H]2C[C@@H]3CN(C(=O)c4scnc4C)C[C@@H]3C[C@H]2O)c1. The Morgan fingerprint density at radius 3 is 2.69 bits per heavy atom. The quantitative estimate of drug-likeness (QED) is 0.771. The summed E-state index contributed by atoms with van der Waals surface area (Å²) in [7, 11) is 1.34. The molecule has 0 radical (unpaired) electrons. The van der Waals surface area contributed by atoms with Crippen LogP contribution in [0.3, 0.4) is 0 Å². The highest BCUT2D eigenvalue weighted by Gasteiger charge is 2.44. The van der Waals surface area contributed by atoms with Crippen LogP contribution < -0.4 is 4.74 Å². The minimum atomic E-state index is -0.613. The molecule has 7 nitrogen and oxygen atoms in total. The fourth-order valence-corrected chi connectivity index (χ4v) is 5.09. The maximum Gasteiger partial charge on any atom is 0.337 e. The van der Waals surface area contributed by atoms with Gasteiger partial charge in [-0.05, 0) is 49.8 Å². The summed E-state index contributed by atoms with van der Waals surface area (Å²) in [5.41, 5.74) is 2.87. The molecule has 1 saturated heterocycles. The Labute approximate surface area is 173 Å². The number of carbonyl (C=O) groups excluding carboxylic acids is 2. The van der Waals surface area contributed by atoms with Crippen molar-refractivity contribution in [1.29, 1.82) is 0 Å². The number of rotatable bonds is 4. The van der Waals surface area contributed by atoms with Crippen LogP contribution in [0.5, 0.6) is 5.75 Å². The van der Waals surface area contributed by atoms with Gasteiger partial charge in [0.1, 0.15) is 16.7 Å². The molecule has 1 N–H and O–H groups in total. The van der Waals surface area contributed by atoms with Crippen LogP contribution in [0.2, 0.25) is 0 Å². The second kappa shape index (κ2) is 8.12. The van der Waals surface area contributed by atoms with Gasteiger partial charge in [-0.15, -0.1) is 11.3 Å². The molecule has 154 valence electrons. The van der Waals surface area contributed by atoms with Gasteiger partial charge in [0.15, 0.2) is 0 Å². The number of thiazole rings is 1. The van der Waals surface area contributed by atoms with Crippen LogP contribution in [0.15, 0.2) is 29.8 Å². The van der Waals surface area contributed by atoms with E-state index in [4.69, 9.17) is 9.47 Å². The Morgan fingerprint density at radius 2 is 2.00 bits per heavy atom. The third-order valence-electron chi connectivity index (χ3n) is 5.85. The molecule has 1 aliphatic carbocycles. The van der Waals surface area contributed by atoms with E-state index < -0.39 is 12.1 Å². The number of benzene rings is 1. The van der Waals surface area contributed by atoms with Crippen molar-refractivity contribution in [1.82, 2.24) is 9.88 Å². The van der Waals surface area contributed by atoms with Crippen molar-refractivity contribution in [3.63, 3.8) is 0 Å². The van der Waals surface area contributed by atoms with E-state index in [9.17, 15) is 14.7 Å². The Bertz CT molecular complexity index is 914. The summed E-state index contributed by atoms with van der Waals surface area (Å²) in [5.74, 6) is 0.676. The van der Waals surface area contributed by atoms with Crippen LogP contribution in [-0.2, 0) is 4.74 Å². The van der Waals surface area contributed by atoms with E-state index >= 15 is 0 Å². The van der Waals surface area contributed by atoms with E-state index in [0.717, 1.165) is 5.69 Å². The first-order valence-corrected chi connectivity index (χ1v) is 10.6. The van der Waals surface area contributed by atoms with Gasteiger partial charge in [-0.3, -0.25) is 4.79 Å². The van der Waals surface area contributed by atoms with E-state index in [1.165, 1.54) is 18.4 Å². The number of ether oxygens (including phenoxy) is 2. The first kappa shape index (κ1) is 19.8. The van der Waals surface area contributed by atoms with Gasteiger partial charge >= 0.3 is 5.97 Å². The number of hydrogen-bond donors (Lipinski definition) is 1. The minimum absolute atomic E-state index is 0.0251. The predicted octanol–water partition coefficient (Wildman–Crippen LogP) is 2.53. The summed E-state index contributed by atoms with van der Waals surface area (Å²) in [4.78, 5) is 31.3. The molecule has 2 aromatic rings. The molecule has 4 atom stereocenters. The van der Waals surface area contributed by atoms with Crippen LogP contribution in [0.4, 0.5) is 0 Å². The van der Waals surface area contributed by atoms with Crippen LogP contribution in [0, 0.1) is 18.8 Å². The normalized spacial score (nSPS) is 26.1. The number of aryl methyl sites for hydroxylation is 1. The van der Waals surface area contributed by atoms with Gasteiger partial charge in [0.2, 0.25) is 0 Å². The maximum atomic E-state index is 12.8. The van der Waals surface area contributed by atoms with Gasteiger partial charge in [0.05, 0.1) is 30.0 Å². The van der Waals surface area contributed by atoms with Crippen molar-refractivity contribution in [3.05, 3.63) is 45.9 Å². The molecule has 2 heterocycles. The predicted molar refractivity (Wildman–Crippen MR) is 107 cm³/mol. The van der Waals surface area contributed by atoms with Crippen LogP contribution in [0.1, 0.15) is 38.6 Å². The monoisotopic (exact) mass is 416 g/mol. The molecule has 0 unspecified atom stereocenters. The van der Waals surface area contributed by atoms with Gasteiger partial charge in [0, 0.05) is 13.1 Å². The molecular formula is C21H24N2O5S. The van der Waals surface area contributed by atoms with Crippen molar-refractivity contribution < 1.29 is 24.2 Å². The van der Waals surface area contributed by atoms with Crippen molar-refractivity contribution in [3.8, 4) is 5.75 Å². The second-order valence-corrected chi connectivity index (χ2v) is 8.57. The number of aliphatic hydroxyl groups is 1. The highest BCUT2D eigenvalue weighted by molar-refractivity contribution is 7.11. The number of amides is 1. The molecule has 0 spiro atoms. The average Bonchev–Trinajstić information content (AvgIpc) is 3.33. The Hall–Kier alpha value is -2.45. The summed E-state index contributed by atoms with van der Waals surface area (Å²) >= 11 is 1.37. The van der Waals surface area contributed by atoms with Gasteiger partial charge in [-0.25, -0.2) is 9.78 Å². The van der Waals surface area contributed by atoms with Crippen molar-refractivity contribution in [2.45, 2.75) is 32.0 Å². The fraction of sp³-hybridized carbons (Fsp3) is 0.476. The number of hydrogen-bond acceptors (Lipinski definition) is 7. The molecule has 1 amide bonds. The van der Waals surface area contributed by atoms with Crippen LogP contribution >= 0.6 is 11.3 Å². The zero-order chi connectivity index (χ0) is 20.5. The number of carbonyl (C=O) groups is 2. The fourth-order valence-electron chi connectivity index (χ4n) is 4.32. The lowest BCUT2D eigenvalue weighted by Gasteiger charge is -2.35. The first-order valence-electron chi connectivity index (χ1n) is 9.68.